The molecular formula is C21H18F3N3O. The number of rotatable bonds is 3. The molecule has 7 heteroatoms. The molecule has 1 atom stereocenters. The molecule has 1 aliphatic heterocycles. The lowest BCUT2D eigenvalue weighted by Crippen LogP contribution is -2.29. The minimum absolute atomic E-state index is 0.161. The van der Waals surface area contributed by atoms with E-state index in [9.17, 15) is 18.0 Å². The van der Waals surface area contributed by atoms with Gasteiger partial charge in [-0.25, -0.2) is 4.98 Å². The number of imidazole rings is 1. The van der Waals surface area contributed by atoms with Crippen molar-refractivity contribution >= 4 is 23.0 Å². The zero-order valence-electron chi connectivity index (χ0n) is 14.9. The van der Waals surface area contributed by atoms with Crippen LogP contribution in [0.15, 0.2) is 54.6 Å². The Hall–Kier alpha value is -3.09. The summed E-state index contributed by atoms with van der Waals surface area (Å²) >= 11 is 0. The van der Waals surface area contributed by atoms with Crippen LogP contribution in [0.2, 0.25) is 0 Å². The lowest BCUT2D eigenvalue weighted by Gasteiger charge is -2.21. The summed E-state index contributed by atoms with van der Waals surface area (Å²) in [6.07, 6.45) is -0.00887. The molecular weight excluding hydrogens is 367 g/mol. The maximum Gasteiger partial charge on any atom is 0.416 e. The van der Waals surface area contributed by atoms with Crippen molar-refractivity contribution in [2.24, 2.45) is 0 Å². The third kappa shape index (κ3) is 3.65. The number of hydrogen-bond donors (Lipinski definition) is 1. The van der Waals surface area contributed by atoms with Crippen molar-refractivity contribution in [3.8, 4) is 0 Å². The zero-order chi connectivity index (χ0) is 19.7. The van der Waals surface area contributed by atoms with Crippen LogP contribution in [0.5, 0.6) is 0 Å². The summed E-state index contributed by atoms with van der Waals surface area (Å²) in [5, 5.41) is 0. The molecule has 1 aliphatic rings. The van der Waals surface area contributed by atoms with Crippen LogP contribution in [0.3, 0.4) is 0 Å². The fourth-order valence-corrected chi connectivity index (χ4v) is 3.53. The molecule has 3 aromatic rings. The van der Waals surface area contributed by atoms with E-state index in [4.69, 9.17) is 0 Å². The largest absolute Gasteiger partial charge is 0.416 e. The van der Waals surface area contributed by atoms with E-state index in [0.717, 1.165) is 41.8 Å². The van der Waals surface area contributed by atoms with Crippen molar-refractivity contribution in [1.29, 1.82) is 0 Å². The Labute approximate surface area is 159 Å². The Kier molecular flexibility index (Phi) is 4.66. The first kappa shape index (κ1) is 18.3. The minimum Gasteiger partial charge on any atom is -0.340 e. The molecule has 144 valence electrons. The summed E-state index contributed by atoms with van der Waals surface area (Å²) in [4.78, 5) is 22.2. The maximum absolute atomic E-state index is 12.8. The second kappa shape index (κ2) is 7.14. The normalized spacial score (nSPS) is 17.7. The van der Waals surface area contributed by atoms with Gasteiger partial charge < -0.3 is 9.88 Å². The fourth-order valence-electron chi connectivity index (χ4n) is 3.53. The molecule has 0 aliphatic carbocycles. The molecule has 0 bridgehead atoms. The van der Waals surface area contributed by atoms with Gasteiger partial charge in [-0.15, -0.1) is 0 Å². The van der Waals surface area contributed by atoms with Crippen LogP contribution in [0.25, 0.3) is 17.1 Å². The molecule has 4 nitrogen and oxygen atoms in total. The topological polar surface area (TPSA) is 49.0 Å². The minimum atomic E-state index is -4.41. The first-order valence-electron chi connectivity index (χ1n) is 9.02. The van der Waals surface area contributed by atoms with E-state index in [2.05, 4.69) is 9.97 Å². The number of likely N-dealkylation sites (tertiary alicyclic amines) is 1. The number of benzene rings is 2. The van der Waals surface area contributed by atoms with Gasteiger partial charge in [-0.2, -0.15) is 13.2 Å². The molecule has 1 unspecified atom stereocenters. The second-order valence-corrected chi connectivity index (χ2v) is 6.79. The van der Waals surface area contributed by atoms with Gasteiger partial charge in [0.1, 0.15) is 5.82 Å². The highest BCUT2D eigenvalue weighted by atomic mass is 19.4. The van der Waals surface area contributed by atoms with E-state index in [-0.39, 0.29) is 11.9 Å². The number of carbonyl (C=O) groups is 1. The van der Waals surface area contributed by atoms with Crippen LogP contribution in [0.1, 0.15) is 35.8 Å². The maximum atomic E-state index is 12.8. The second-order valence-electron chi connectivity index (χ2n) is 6.79. The van der Waals surface area contributed by atoms with Crippen LogP contribution >= 0.6 is 0 Å². The summed E-state index contributed by atoms with van der Waals surface area (Å²) in [7, 11) is 0. The van der Waals surface area contributed by atoms with Gasteiger partial charge in [0.2, 0.25) is 5.91 Å². The Morgan fingerprint density at radius 3 is 2.79 bits per heavy atom. The van der Waals surface area contributed by atoms with Gasteiger partial charge in [0.15, 0.2) is 0 Å². The highest BCUT2D eigenvalue weighted by Crippen LogP contribution is 2.32. The molecule has 1 amide bonds. The molecule has 0 spiro atoms. The van der Waals surface area contributed by atoms with Crippen LogP contribution < -0.4 is 0 Å². The molecule has 2 heterocycles. The average Bonchev–Trinajstić information content (AvgIpc) is 3.32. The predicted molar refractivity (Wildman–Crippen MR) is 100 cm³/mol. The first-order chi connectivity index (χ1) is 13.4. The SMILES string of the molecule is O=C(C=Cc1cccc(C(F)(F)F)c1)N1CCCC1c1nc2ccccc2[nH]1. The van der Waals surface area contributed by atoms with Gasteiger partial charge in [-0.05, 0) is 48.7 Å². The third-order valence-corrected chi connectivity index (χ3v) is 4.89. The molecule has 4 rings (SSSR count). The number of para-hydroxylation sites is 2. The van der Waals surface area contributed by atoms with Gasteiger partial charge in [0, 0.05) is 12.6 Å². The number of nitrogens with zero attached hydrogens (tertiary/aromatic N) is 2. The fraction of sp³-hybridized carbons (Fsp3) is 0.238. The van der Waals surface area contributed by atoms with Crippen molar-refractivity contribution in [3.05, 3.63) is 71.6 Å². The summed E-state index contributed by atoms with van der Waals surface area (Å²) in [6.45, 7) is 0.591. The number of amides is 1. The molecule has 0 saturated carbocycles. The van der Waals surface area contributed by atoms with Crippen LogP contribution in [-0.4, -0.2) is 27.3 Å². The lowest BCUT2D eigenvalue weighted by atomic mass is 10.1. The van der Waals surface area contributed by atoms with E-state index in [1.807, 2.05) is 24.3 Å². The van der Waals surface area contributed by atoms with Crippen molar-refractivity contribution in [2.75, 3.05) is 6.54 Å². The van der Waals surface area contributed by atoms with E-state index >= 15 is 0 Å². The number of aromatic nitrogens is 2. The van der Waals surface area contributed by atoms with Crippen LogP contribution in [0, 0.1) is 0 Å². The van der Waals surface area contributed by atoms with E-state index in [0.29, 0.717) is 12.1 Å². The van der Waals surface area contributed by atoms with E-state index in [1.165, 1.54) is 18.2 Å². The molecule has 1 N–H and O–H groups in total. The van der Waals surface area contributed by atoms with Gasteiger partial charge in [0.25, 0.3) is 0 Å². The molecule has 2 aromatic carbocycles. The molecule has 1 aromatic heterocycles. The number of fused-ring (bicyclic) bond motifs is 1. The number of aromatic amines is 1. The quantitative estimate of drug-likeness (QED) is 0.648. The van der Waals surface area contributed by atoms with Crippen LogP contribution in [0.4, 0.5) is 13.2 Å². The van der Waals surface area contributed by atoms with Crippen molar-refractivity contribution in [3.63, 3.8) is 0 Å². The number of nitrogens with one attached hydrogen (secondary N) is 1. The highest BCUT2D eigenvalue weighted by Gasteiger charge is 2.32. The number of halogens is 3. The number of alkyl halides is 3. The summed E-state index contributed by atoms with van der Waals surface area (Å²) in [5.74, 6) is 0.500. The predicted octanol–water partition coefficient (Wildman–Crippen LogP) is 4.96. The molecule has 1 fully saturated rings. The molecule has 1 saturated heterocycles. The van der Waals surface area contributed by atoms with Gasteiger partial charge >= 0.3 is 6.18 Å². The summed E-state index contributed by atoms with van der Waals surface area (Å²) < 4.78 is 38.5. The molecule has 28 heavy (non-hydrogen) atoms. The van der Waals surface area contributed by atoms with Gasteiger partial charge in [-0.3, -0.25) is 4.79 Å². The third-order valence-electron chi connectivity index (χ3n) is 4.89. The highest BCUT2D eigenvalue weighted by molar-refractivity contribution is 5.92. The van der Waals surface area contributed by atoms with Crippen molar-refractivity contribution in [1.82, 2.24) is 14.9 Å². The lowest BCUT2D eigenvalue weighted by molar-refractivity contribution is -0.137. The number of hydrogen-bond acceptors (Lipinski definition) is 2. The number of H-pyrrole nitrogens is 1. The van der Waals surface area contributed by atoms with E-state index in [1.54, 1.807) is 11.0 Å². The van der Waals surface area contributed by atoms with E-state index < -0.39 is 11.7 Å². The Balaban J connectivity index is 1.53. The Morgan fingerprint density at radius 2 is 2.00 bits per heavy atom. The van der Waals surface area contributed by atoms with Gasteiger partial charge in [-0.1, -0.05) is 24.3 Å². The molecule has 0 radical (unpaired) electrons. The Morgan fingerprint density at radius 1 is 1.18 bits per heavy atom. The monoisotopic (exact) mass is 385 g/mol. The zero-order valence-corrected chi connectivity index (χ0v) is 14.9. The summed E-state index contributed by atoms with van der Waals surface area (Å²) in [6, 6.07) is 12.4. The van der Waals surface area contributed by atoms with Gasteiger partial charge in [0.05, 0.1) is 22.6 Å². The smallest absolute Gasteiger partial charge is 0.340 e. The Bertz CT molecular complexity index is 1010. The standard InChI is InChI=1S/C21H18F3N3O/c22-21(23,24)15-6-3-5-14(13-15)10-11-19(28)27-12-4-9-18(27)20-25-16-7-1-2-8-17(16)26-20/h1-3,5-8,10-11,13,18H,4,9,12H2,(H,25,26). The van der Waals surface area contributed by atoms with Crippen molar-refractivity contribution < 1.29 is 18.0 Å². The number of carbonyl (C=O) groups excluding carboxylic acids is 1. The summed E-state index contributed by atoms with van der Waals surface area (Å²) in [5.41, 5.74) is 1.36. The van der Waals surface area contributed by atoms with Crippen molar-refractivity contribution in [2.45, 2.75) is 25.1 Å². The first-order valence-corrected chi connectivity index (χ1v) is 9.02. The van der Waals surface area contributed by atoms with Crippen LogP contribution in [-0.2, 0) is 11.0 Å². The average molecular weight is 385 g/mol.